The van der Waals surface area contributed by atoms with Crippen LogP contribution in [0.5, 0.6) is 0 Å². The predicted octanol–water partition coefficient (Wildman–Crippen LogP) is 4.19. The Morgan fingerprint density at radius 1 is 1.10 bits per heavy atom. The van der Waals surface area contributed by atoms with Crippen LogP contribution in [-0.2, 0) is 11.2 Å². The monoisotopic (exact) mass is 415 g/mol. The lowest BCUT2D eigenvalue weighted by Gasteiger charge is -2.22. The summed E-state index contributed by atoms with van der Waals surface area (Å²) in [5, 5.41) is 6.17. The Morgan fingerprint density at radius 2 is 1.87 bits per heavy atom. The lowest BCUT2D eigenvalue weighted by Crippen LogP contribution is -2.36. The molecule has 0 saturated heterocycles. The molecule has 30 heavy (non-hydrogen) atoms. The number of anilines is 1. The normalized spacial score (nSPS) is 15.5. The van der Waals surface area contributed by atoms with E-state index in [2.05, 4.69) is 28.1 Å². The number of aromatic nitrogens is 4. The van der Waals surface area contributed by atoms with Crippen molar-refractivity contribution >= 4 is 34.4 Å². The number of para-hydroxylation sites is 2. The average molecular weight is 416 g/mol. The van der Waals surface area contributed by atoms with Gasteiger partial charge in [0.1, 0.15) is 11.4 Å². The van der Waals surface area contributed by atoms with Crippen molar-refractivity contribution in [2.45, 2.75) is 31.3 Å². The Morgan fingerprint density at radius 3 is 2.70 bits per heavy atom. The highest BCUT2D eigenvalue weighted by Gasteiger charge is 2.30. The molecule has 1 unspecified atom stereocenters. The third-order valence-electron chi connectivity index (χ3n) is 5.48. The smallest absolute Gasteiger partial charge is 0.237 e. The van der Waals surface area contributed by atoms with Gasteiger partial charge >= 0.3 is 0 Å². The zero-order valence-electron chi connectivity index (χ0n) is 16.8. The number of carbonyl (C=O) groups excluding carboxylic acids is 1. The molecular formula is C23H21N5OS. The molecule has 2 aromatic carbocycles. The van der Waals surface area contributed by atoms with E-state index in [9.17, 15) is 4.79 Å². The molecule has 2 aromatic heterocycles. The van der Waals surface area contributed by atoms with Crippen LogP contribution in [0.3, 0.4) is 0 Å². The minimum absolute atomic E-state index is 0.0931. The lowest BCUT2D eigenvalue weighted by atomic mass is 10.1. The summed E-state index contributed by atoms with van der Waals surface area (Å²) >= 11 is 1.44. The lowest BCUT2D eigenvalue weighted by molar-refractivity contribution is -0.116. The number of carbonyl (C=O) groups is 1. The second-order valence-electron chi connectivity index (χ2n) is 7.49. The molecule has 0 fully saturated rings. The van der Waals surface area contributed by atoms with Gasteiger partial charge in [0.2, 0.25) is 5.91 Å². The number of rotatable bonds is 4. The maximum atomic E-state index is 13.0. The maximum absolute atomic E-state index is 13.0. The van der Waals surface area contributed by atoms with Crippen LogP contribution in [0.4, 0.5) is 5.69 Å². The molecule has 1 atom stereocenters. The van der Waals surface area contributed by atoms with Crippen molar-refractivity contribution in [3.05, 3.63) is 72.2 Å². The van der Waals surface area contributed by atoms with Crippen molar-refractivity contribution in [3.63, 3.8) is 0 Å². The van der Waals surface area contributed by atoms with Crippen LogP contribution in [0.25, 0.3) is 16.7 Å². The Balaban J connectivity index is 1.40. The third-order valence-corrected chi connectivity index (χ3v) is 6.47. The topological polar surface area (TPSA) is 63.9 Å². The van der Waals surface area contributed by atoms with Gasteiger partial charge in [-0.05, 0) is 43.5 Å². The molecule has 0 bridgehead atoms. The van der Waals surface area contributed by atoms with E-state index >= 15 is 0 Å². The molecule has 0 saturated carbocycles. The fourth-order valence-corrected chi connectivity index (χ4v) is 4.88. The zero-order chi connectivity index (χ0) is 20.7. The molecule has 4 aromatic rings. The first-order chi connectivity index (χ1) is 14.6. The summed E-state index contributed by atoms with van der Waals surface area (Å²) in [5.74, 6) is 0.413. The highest BCUT2D eigenvalue weighted by atomic mass is 32.2. The molecule has 150 valence electrons. The second-order valence-corrected chi connectivity index (χ2v) is 8.46. The minimum Gasteiger partial charge on any atom is -0.308 e. The van der Waals surface area contributed by atoms with E-state index in [-0.39, 0.29) is 11.9 Å². The van der Waals surface area contributed by atoms with E-state index in [1.54, 1.807) is 12.5 Å². The predicted molar refractivity (Wildman–Crippen MR) is 119 cm³/mol. The number of amides is 1. The van der Waals surface area contributed by atoms with Gasteiger partial charge in [0.15, 0.2) is 5.65 Å². The van der Waals surface area contributed by atoms with Crippen LogP contribution in [0.15, 0.2) is 66.1 Å². The molecule has 7 heteroatoms. The highest BCUT2D eigenvalue weighted by Crippen LogP contribution is 2.33. The first kappa shape index (κ1) is 18.8. The maximum Gasteiger partial charge on any atom is 0.237 e. The SMILES string of the molecule is Cc1ccccc1-n1ncc2c(SCC(=O)N3c4ccccc4CC3C)ncnc21. The van der Waals surface area contributed by atoms with Crippen molar-refractivity contribution in [1.82, 2.24) is 19.7 Å². The zero-order valence-corrected chi connectivity index (χ0v) is 17.6. The average Bonchev–Trinajstić information content (AvgIpc) is 3.33. The van der Waals surface area contributed by atoms with Crippen LogP contribution < -0.4 is 4.90 Å². The molecule has 5 rings (SSSR count). The quantitative estimate of drug-likeness (QED) is 0.369. The molecule has 0 N–H and O–H groups in total. The number of fused-ring (bicyclic) bond motifs is 2. The molecule has 3 heterocycles. The Bertz CT molecular complexity index is 1250. The molecule has 0 spiro atoms. The minimum atomic E-state index is 0.0931. The van der Waals surface area contributed by atoms with Gasteiger partial charge in [0, 0.05) is 11.7 Å². The van der Waals surface area contributed by atoms with E-state index in [1.165, 1.54) is 17.3 Å². The fraction of sp³-hybridized carbons (Fsp3) is 0.217. The van der Waals surface area contributed by atoms with Crippen LogP contribution in [0.1, 0.15) is 18.1 Å². The Kier molecular flexibility index (Phi) is 4.75. The molecule has 0 aliphatic carbocycles. The first-order valence-electron chi connectivity index (χ1n) is 9.91. The molecule has 1 aliphatic heterocycles. The van der Waals surface area contributed by atoms with Crippen LogP contribution in [-0.4, -0.2) is 37.5 Å². The van der Waals surface area contributed by atoms with Crippen molar-refractivity contribution in [2.24, 2.45) is 0 Å². The van der Waals surface area contributed by atoms with E-state index in [4.69, 9.17) is 0 Å². The third kappa shape index (κ3) is 3.15. The summed E-state index contributed by atoms with van der Waals surface area (Å²) in [7, 11) is 0. The van der Waals surface area contributed by atoms with Crippen molar-refractivity contribution in [3.8, 4) is 5.69 Å². The summed E-state index contributed by atoms with van der Waals surface area (Å²) in [6.07, 6.45) is 4.22. The number of benzene rings is 2. The van der Waals surface area contributed by atoms with Crippen LogP contribution in [0.2, 0.25) is 0 Å². The van der Waals surface area contributed by atoms with Gasteiger partial charge in [-0.1, -0.05) is 48.2 Å². The molecule has 0 radical (unpaired) electrons. The van der Waals surface area contributed by atoms with E-state index < -0.39 is 0 Å². The Labute approximate surface area is 179 Å². The first-order valence-corrected chi connectivity index (χ1v) is 10.9. The largest absolute Gasteiger partial charge is 0.308 e. The molecule has 6 nitrogen and oxygen atoms in total. The molecule has 1 amide bonds. The number of aryl methyl sites for hydroxylation is 1. The van der Waals surface area contributed by atoms with Crippen molar-refractivity contribution < 1.29 is 4.79 Å². The number of thioether (sulfide) groups is 1. The molecule has 1 aliphatic rings. The highest BCUT2D eigenvalue weighted by molar-refractivity contribution is 8.00. The number of hydrogen-bond acceptors (Lipinski definition) is 5. The fourth-order valence-electron chi connectivity index (χ4n) is 4.06. The summed E-state index contributed by atoms with van der Waals surface area (Å²) in [6, 6.07) is 16.4. The summed E-state index contributed by atoms with van der Waals surface area (Å²) in [4.78, 5) is 23.8. The van der Waals surface area contributed by atoms with Gasteiger partial charge in [-0.15, -0.1) is 0 Å². The van der Waals surface area contributed by atoms with Gasteiger partial charge in [0.05, 0.1) is 23.0 Å². The van der Waals surface area contributed by atoms with E-state index in [1.807, 2.05) is 59.0 Å². The summed E-state index contributed by atoms with van der Waals surface area (Å²) < 4.78 is 1.83. The van der Waals surface area contributed by atoms with Crippen LogP contribution >= 0.6 is 11.8 Å². The van der Waals surface area contributed by atoms with E-state index in [0.717, 1.165) is 39.4 Å². The number of hydrogen-bond donors (Lipinski definition) is 0. The van der Waals surface area contributed by atoms with Gasteiger partial charge in [-0.3, -0.25) is 4.79 Å². The van der Waals surface area contributed by atoms with Gasteiger partial charge in [-0.25, -0.2) is 14.6 Å². The second kappa shape index (κ2) is 7.57. The van der Waals surface area contributed by atoms with Crippen molar-refractivity contribution in [1.29, 1.82) is 0 Å². The van der Waals surface area contributed by atoms with Gasteiger partial charge < -0.3 is 4.90 Å². The molecular weight excluding hydrogens is 394 g/mol. The van der Waals surface area contributed by atoms with Crippen molar-refractivity contribution in [2.75, 3.05) is 10.7 Å². The number of nitrogens with zero attached hydrogens (tertiary/aromatic N) is 5. The van der Waals surface area contributed by atoms with E-state index in [0.29, 0.717) is 5.75 Å². The standard InChI is InChI=1S/C23H21N5OS/c1-15-7-3-5-9-19(15)28-22-18(12-26-28)23(25-14-24-22)30-13-21(29)27-16(2)11-17-8-4-6-10-20(17)27/h3-10,12,14,16H,11,13H2,1-2H3. The summed E-state index contributed by atoms with van der Waals surface area (Å²) in [5.41, 5.74) is 5.10. The summed E-state index contributed by atoms with van der Waals surface area (Å²) in [6.45, 7) is 4.14. The van der Waals surface area contributed by atoms with Gasteiger partial charge in [0.25, 0.3) is 0 Å². The van der Waals surface area contributed by atoms with Crippen LogP contribution in [0, 0.1) is 6.92 Å². The van der Waals surface area contributed by atoms with Gasteiger partial charge in [-0.2, -0.15) is 5.10 Å². The Hall–Kier alpha value is -3.19.